The topological polar surface area (TPSA) is 81.2 Å². The number of aromatic nitrogens is 3. The van der Waals surface area contributed by atoms with Gasteiger partial charge in [-0.2, -0.15) is 15.0 Å². The van der Waals surface area contributed by atoms with E-state index in [4.69, 9.17) is 9.47 Å². The minimum atomic E-state index is 0.276. The van der Waals surface area contributed by atoms with Crippen LogP contribution in [0.2, 0.25) is 0 Å². The van der Waals surface area contributed by atoms with E-state index >= 15 is 0 Å². The summed E-state index contributed by atoms with van der Waals surface area (Å²) in [5, 5.41) is 5.85. The second-order valence-electron chi connectivity index (χ2n) is 2.84. The van der Waals surface area contributed by atoms with Crippen LogP contribution < -0.4 is 15.4 Å². The zero-order valence-electron chi connectivity index (χ0n) is 9.78. The van der Waals surface area contributed by atoms with E-state index in [0.717, 1.165) is 0 Å². The Hall–Kier alpha value is -1.63. The summed E-state index contributed by atoms with van der Waals surface area (Å²) >= 11 is 0. The third-order valence-corrected chi connectivity index (χ3v) is 1.75. The Labute approximate surface area is 94.6 Å². The predicted molar refractivity (Wildman–Crippen MR) is 60.9 cm³/mol. The molecule has 1 aromatic rings. The average molecular weight is 227 g/mol. The maximum Gasteiger partial charge on any atom is 0.322 e. The first-order valence-corrected chi connectivity index (χ1v) is 5.09. The molecule has 1 heterocycles. The van der Waals surface area contributed by atoms with Gasteiger partial charge in [0.25, 0.3) is 0 Å². The number of hydrogen-bond donors (Lipinski definition) is 2. The van der Waals surface area contributed by atoms with E-state index in [1.165, 1.54) is 7.11 Å². The summed E-state index contributed by atoms with van der Waals surface area (Å²) in [7, 11) is 3.25. The molecule has 0 bridgehead atoms. The van der Waals surface area contributed by atoms with Crippen molar-refractivity contribution in [3.63, 3.8) is 0 Å². The van der Waals surface area contributed by atoms with Crippen LogP contribution in [0.25, 0.3) is 0 Å². The van der Waals surface area contributed by atoms with Crippen molar-refractivity contribution in [3.8, 4) is 6.01 Å². The van der Waals surface area contributed by atoms with Gasteiger partial charge in [0.2, 0.25) is 11.9 Å². The molecule has 90 valence electrons. The molecular formula is C9H17N5O2. The highest BCUT2D eigenvalue weighted by atomic mass is 16.5. The summed E-state index contributed by atoms with van der Waals surface area (Å²) in [5.41, 5.74) is 0. The molecule has 1 rings (SSSR count). The monoisotopic (exact) mass is 227 g/mol. The lowest BCUT2D eigenvalue weighted by molar-refractivity contribution is 0.158. The zero-order valence-corrected chi connectivity index (χ0v) is 9.78. The van der Waals surface area contributed by atoms with Crippen molar-refractivity contribution in [3.05, 3.63) is 0 Å². The van der Waals surface area contributed by atoms with Gasteiger partial charge < -0.3 is 20.1 Å². The maximum atomic E-state index is 5.19. The Morgan fingerprint density at radius 3 is 2.56 bits per heavy atom. The largest absolute Gasteiger partial charge is 0.467 e. The standard InChI is InChI=1S/C9H17N5O2/c1-4-16-6-5-11-8-12-7(10-2)13-9(14-8)15-3/h4-6H2,1-3H3,(H2,10,11,12,13,14). The average Bonchev–Trinajstić information content (AvgIpc) is 2.34. The van der Waals surface area contributed by atoms with E-state index in [2.05, 4.69) is 25.6 Å². The van der Waals surface area contributed by atoms with E-state index in [9.17, 15) is 0 Å². The van der Waals surface area contributed by atoms with Gasteiger partial charge in [-0.15, -0.1) is 0 Å². The molecule has 0 atom stereocenters. The number of hydrogen-bond acceptors (Lipinski definition) is 7. The molecule has 0 aliphatic rings. The minimum absolute atomic E-state index is 0.276. The predicted octanol–water partition coefficient (Wildman–Crippen LogP) is 0.370. The normalized spacial score (nSPS) is 9.94. The van der Waals surface area contributed by atoms with E-state index in [-0.39, 0.29) is 6.01 Å². The van der Waals surface area contributed by atoms with E-state index < -0.39 is 0 Å². The van der Waals surface area contributed by atoms with Gasteiger partial charge in [-0.05, 0) is 6.92 Å². The molecule has 7 nitrogen and oxygen atoms in total. The number of nitrogens with zero attached hydrogens (tertiary/aromatic N) is 3. The van der Waals surface area contributed by atoms with Crippen LogP contribution in [0.3, 0.4) is 0 Å². The number of ether oxygens (including phenoxy) is 2. The molecule has 16 heavy (non-hydrogen) atoms. The van der Waals surface area contributed by atoms with Gasteiger partial charge in [-0.1, -0.05) is 0 Å². The van der Waals surface area contributed by atoms with Crippen LogP contribution in [-0.4, -0.2) is 48.9 Å². The van der Waals surface area contributed by atoms with Gasteiger partial charge in [0.15, 0.2) is 0 Å². The molecule has 0 radical (unpaired) electrons. The van der Waals surface area contributed by atoms with Crippen molar-refractivity contribution in [2.75, 3.05) is 44.5 Å². The maximum absolute atomic E-state index is 5.19. The van der Waals surface area contributed by atoms with Crippen LogP contribution in [0.15, 0.2) is 0 Å². The van der Waals surface area contributed by atoms with Crippen molar-refractivity contribution in [1.82, 2.24) is 15.0 Å². The Kier molecular flexibility index (Phi) is 5.27. The number of anilines is 2. The van der Waals surface area contributed by atoms with Crippen LogP contribution in [0.1, 0.15) is 6.92 Å². The lowest BCUT2D eigenvalue weighted by atomic mass is 10.6. The first-order chi connectivity index (χ1) is 7.80. The molecule has 0 aromatic carbocycles. The fourth-order valence-electron chi connectivity index (χ4n) is 1.02. The molecule has 0 spiro atoms. The molecule has 0 aliphatic carbocycles. The van der Waals surface area contributed by atoms with Gasteiger partial charge in [-0.25, -0.2) is 0 Å². The molecule has 2 N–H and O–H groups in total. The molecule has 1 aromatic heterocycles. The second-order valence-corrected chi connectivity index (χ2v) is 2.84. The van der Waals surface area contributed by atoms with Crippen LogP contribution in [-0.2, 0) is 4.74 Å². The van der Waals surface area contributed by atoms with Crippen LogP contribution >= 0.6 is 0 Å². The quantitative estimate of drug-likeness (QED) is 0.651. The van der Waals surface area contributed by atoms with Gasteiger partial charge >= 0.3 is 6.01 Å². The van der Waals surface area contributed by atoms with Gasteiger partial charge in [0, 0.05) is 20.2 Å². The third-order valence-electron chi connectivity index (χ3n) is 1.75. The highest BCUT2D eigenvalue weighted by molar-refractivity contribution is 5.35. The highest BCUT2D eigenvalue weighted by Crippen LogP contribution is 2.09. The Balaban J connectivity index is 2.57. The SMILES string of the molecule is CCOCCNc1nc(NC)nc(OC)n1. The first kappa shape index (κ1) is 12.4. The van der Waals surface area contributed by atoms with E-state index in [1.807, 2.05) is 6.92 Å². The Morgan fingerprint density at radius 2 is 1.94 bits per heavy atom. The molecule has 0 saturated carbocycles. The fraction of sp³-hybridized carbons (Fsp3) is 0.667. The minimum Gasteiger partial charge on any atom is -0.467 e. The van der Waals surface area contributed by atoms with Gasteiger partial charge in [-0.3, -0.25) is 0 Å². The lowest BCUT2D eigenvalue weighted by Gasteiger charge is -2.07. The van der Waals surface area contributed by atoms with Crippen LogP contribution in [0.4, 0.5) is 11.9 Å². The molecule has 0 saturated heterocycles. The Morgan fingerprint density at radius 1 is 1.19 bits per heavy atom. The van der Waals surface area contributed by atoms with Gasteiger partial charge in [0.1, 0.15) is 0 Å². The van der Waals surface area contributed by atoms with Gasteiger partial charge in [0.05, 0.1) is 13.7 Å². The van der Waals surface area contributed by atoms with Crippen molar-refractivity contribution in [2.24, 2.45) is 0 Å². The van der Waals surface area contributed by atoms with Crippen LogP contribution in [0.5, 0.6) is 6.01 Å². The van der Waals surface area contributed by atoms with Crippen molar-refractivity contribution < 1.29 is 9.47 Å². The molecular weight excluding hydrogens is 210 g/mol. The fourth-order valence-corrected chi connectivity index (χ4v) is 1.02. The first-order valence-electron chi connectivity index (χ1n) is 5.09. The summed E-state index contributed by atoms with van der Waals surface area (Å²) in [4.78, 5) is 12.2. The number of methoxy groups -OCH3 is 1. The summed E-state index contributed by atoms with van der Waals surface area (Å²) < 4.78 is 10.1. The van der Waals surface area contributed by atoms with Crippen molar-refractivity contribution in [1.29, 1.82) is 0 Å². The Bertz CT molecular complexity index is 299. The van der Waals surface area contributed by atoms with Crippen LogP contribution in [0, 0.1) is 0 Å². The van der Waals surface area contributed by atoms with Crippen molar-refractivity contribution in [2.45, 2.75) is 6.92 Å². The molecule has 0 amide bonds. The molecule has 7 heteroatoms. The summed E-state index contributed by atoms with van der Waals surface area (Å²) in [6.45, 7) is 3.90. The van der Waals surface area contributed by atoms with E-state index in [1.54, 1.807) is 7.05 Å². The summed E-state index contributed by atoms with van der Waals surface area (Å²) in [6, 6.07) is 0.276. The van der Waals surface area contributed by atoms with E-state index in [0.29, 0.717) is 31.7 Å². The van der Waals surface area contributed by atoms with Crippen molar-refractivity contribution >= 4 is 11.9 Å². The highest BCUT2D eigenvalue weighted by Gasteiger charge is 2.04. The lowest BCUT2D eigenvalue weighted by Crippen LogP contribution is -2.13. The zero-order chi connectivity index (χ0) is 11.8. The number of rotatable bonds is 7. The molecule has 0 fully saturated rings. The molecule has 0 aliphatic heterocycles. The third kappa shape index (κ3) is 3.85. The summed E-state index contributed by atoms with van der Waals surface area (Å²) in [6.07, 6.45) is 0. The second kappa shape index (κ2) is 6.78. The smallest absolute Gasteiger partial charge is 0.322 e. The molecule has 0 unspecified atom stereocenters. The number of nitrogens with one attached hydrogen (secondary N) is 2. The summed E-state index contributed by atoms with van der Waals surface area (Å²) in [5.74, 6) is 0.932.